The van der Waals surface area contributed by atoms with Crippen molar-refractivity contribution in [3.63, 3.8) is 0 Å². The van der Waals surface area contributed by atoms with Crippen LogP contribution in [0.3, 0.4) is 0 Å². The quantitative estimate of drug-likeness (QED) is 0.634. The van der Waals surface area contributed by atoms with Crippen molar-refractivity contribution in [3.05, 3.63) is 35.1 Å². The first-order chi connectivity index (χ1) is 9.96. The highest BCUT2D eigenvalue weighted by Gasteiger charge is 2.53. The van der Waals surface area contributed by atoms with Gasteiger partial charge in [-0.05, 0) is 42.3 Å². The Morgan fingerprint density at radius 2 is 2.29 bits per heavy atom. The lowest BCUT2D eigenvalue weighted by Crippen LogP contribution is -2.36. The van der Waals surface area contributed by atoms with Crippen molar-refractivity contribution in [2.24, 2.45) is 0 Å². The van der Waals surface area contributed by atoms with Crippen molar-refractivity contribution in [2.45, 2.75) is 30.4 Å². The maximum absolute atomic E-state index is 13.8. The Morgan fingerprint density at radius 1 is 1.57 bits per heavy atom. The Bertz CT molecular complexity index is 640. The lowest BCUT2D eigenvalue weighted by molar-refractivity contribution is -0.148. The van der Waals surface area contributed by atoms with Crippen LogP contribution in [0.2, 0.25) is 0 Å². The number of nitrogens with zero attached hydrogens (tertiary/aromatic N) is 1. The fraction of sp³-hybridized carbons (Fsp3) is 0.400. The first-order valence-corrected chi connectivity index (χ1v) is 7.25. The van der Waals surface area contributed by atoms with Crippen LogP contribution >= 0.6 is 11.8 Å². The fourth-order valence-electron chi connectivity index (χ4n) is 2.88. The van der Waals surface area contributed by atoms with Gasteiger partial charge in [0.05, 0.1) is 12.4 Å². The van der Waals surface area contributed by atoms with Crippen LogP contribution in [0.4, 0.5) is 4.39 Å². The Hall–Kier alpha value is -1.87. The van der Waals surface area contributed by atoms with Crippen molar-refractivity contribution >= 4 is 23.5 Å². The Balaban J connectivity index is 2.55. The van der Waals surface area contributed by atoms with Gasteiger partial charge in [0.1, 0.15) is 22.4 Å². The predicted octanol–water partition coefficient (Wildman–Crippen LogP) is 2.49. The van der Waals surface area contributed by atoms with Gasteiger partial charge in [0.25, 0.3) is 0 Å². The van der Waals surface area contributed by atoms with Crippen molar-refractivity contribution in [1.82, 2.24) is 0 Å². The zero-order valence-electron chi connectivity index (χ0n) is 11.7. The Labute approximate surface area is 126 Å². The van der Waals surface area contributed by atoms with Gasteiger partial charge < -0.3 is 4.74 Å². The van der Waals surface area contributed by atoms with Gasteiger partial charge >= 0.3 is 5.97 Å². The number of thiocyanates is 1. The average molecular weight is 307 g/mol. The van der Waals surface area contributed by atoms with E-state index in [0.717, 1.165) is 11.8 Å². The molecule has 0 amide bonds. The summed E-state index contributed by atoms with van der Waals surface area (Å²) in [5, 5.41) is 10.1. The van der Waals surface area contributed by atoms with Gasteiger partial charge in [-0.1, -0.05) is 12.1 Å². The zero-order chi connectivity index (χ0) is 15.6. The smallest absolute Gasteiger partial charge is 0.316 e. The van der Waals surface area contributed by atoms with Crippen LogP contribution in [0, 0.1) is 23.4 Å². The molecule has 0 bridgehead atoms. The average Bonchev–Trinajstić information content (AvgIpc) is 2.79. The van der Waals surface area contributed by atoms with Crippen LogP contribution in [0.25, 0.3) is 0 Å². The normalized spacial score (nSPS) is 24.7. The van der Waals surface area contributed by atoms with Gasteiger partial charge in [0.2, 0.25) is 0 Å². The second kappa shape index (κ2) is 5.86. The van der Waals surface area contributed by atoms with Gasteiger partial charge in [0.15, 0.2) is 0 Å². The SMILES string of the molecule is COC(=O)C1(c2cccc(F)c2C)CC(=O)[C@@H](SC#N)C1. The molecule has 1 unspecified atom stereocenters. The number of Topliss-reactive ketones (excluding diaryl/α,β-unsaturated/α-hetero) is 1. The number of ketones is 1. The van der Waals surface area contributed by atoms with Crippen LogP contribution in [0.15, 0.2) is 18.2 Å². The number of carbonyl (C=O) groups excluding carboxylic acids is 2. The van der Waals surface area contributed by atoms with E-state index in [4.69, 9.17) is 10.00 Å². The highest BCUT2D eigenvalue weighted by molar-refractivity contribution is 8.05. The number of esters is 1. The van der Waals surface area contributed by atoms with E-state index in [1.807, 2.05) is 5.40 Å². The van der Waals surface area contributed by atoms with Crippen LogP contribution in [0.5, 0.6) is 0 Å². The van der Waals surface area contributed by atoms with Crippen LogP contribution < -0.4 is 0 Å². The number of nitriles is 1. The summed E-state index contributed by atoms with van der Waals surface area (Å²) >= 11 is 0.836. The Kier molecular flexibility index (Phi) is 4.33. The summed E-state index contributed by atoms with van der Waals surface area (Å²) in [4.78, 5) is 24.4. The number of hydrogen-bond donors (Lipinski definition) is 0. The van der Waals surface area contributed by atoms with Crippen molar-refractivity contribution < 1.29 is 18.7 Å². The van der Waals surface area contributed by atoms with Gasteiger partial charge in [-0.25, -0.2) is 4.39 Å². The molecule has 110 valence electrons. The molecular formula is C15H14FNO3S. The summed E-state index contributed by atoms with van der Waals surface area (Å²) in [5.74, 6) is -1.18. The van der Waals surface area contributed by atoms with Crippen LogP contribution in [-0.4, -0.2) is 24.1 Å². The number of halogens is 1. The molecule has 0 radical (unpaired) electrons. The molecule has 1 aromatic rings. The first kappa shape index (κ1) is 15.5. The number of benzene rings is 1. The maximum atomic E-state index is 13.8. The molecule has 1 saturated carbocycles. The standard InChI is InChI=1S/C15H14FNO3S/c1-9-10(4-3-5-11(9)16)15(14(19)20-2)6-12(18)13(7-15)21-8-17/h3-5,13H,6-7H2,1-2H3/t13-,15?/m0/s1. The van der Waals surface area contributed by atoms with Crippen LogP contribution in [-0.2, 0) is 19.7 Å². The number of methoxy groups -OCH3 is 1. The molecule has 4 nitrogen and oxygen atoms in total. The van der Waals surface area contributed by atoms with Gasteiger partial charge in [-0.3, -0.25) is 9.59 Å². The minimum absolute atomic E-state index is 0.0662. The molecule has 0 heterocycles. The molecule has 2 rings (SSSR count). The van der Waals surface area contributed by atoms with E-state index in [1.54, 1.807) is 13.0 Å². The Morgan fingerprint density at radius 3 is 2.90 bits per heavy atom. The molecule has 1 aliphatic rings. The topological polar surface area (TPSA) is 67.2 Å². The highest BCUT2D eigenvalue weighted by atomic mass is 32.2. The number of hydrogen-bond acceptors (Lipinski definition) is 5. The maximum Gasteiger partial charge on any atom is 0.316 e. The summed E-state index contributed by atoms with van der Waals surface area (Å²) in [6.07, 6.45) is 0.0876. The third kappa shape index (κ3) is 2.54. The van der Waals surface area contributed by atoms with Gasteiger partial charge in [-0.15, -0.1) is 0 Å². The monoisotopic (exact) mass is 307 g/mol. The van der Waals surface area contributed by atoms with E-state index in [9.17, 15) is 14.0 Å². The second-order valence-corrected chi connectivity index (χ2v) is 6.02. The molecule has 2 atom stereocenters. The fourth-order valence-corrected chi connectivity index (χ4v) is 3.59. The van der Waals surface area contributed by atoms with Crippen LogP contribution in [0.1, 0.15) is 24.0 Å². The molecule has 0 saturated heterocycles. The molecular weight excluding hydrogens is 293 g/mol. The molecule has 1 aliphatic carbocycles. The largest absolute Gasteiger partial charge is 0.468 e. The molecule has 1 fully saturated rings. The summed E-state index contributed by atoms with van der Waals surface area (Å²) in [5.41, 5.74) is -0.408. The predicted molar refractivity (Wildman–Crippen MR) is 76.1 cm³/mol. The van der Waals surface area contributed by atoms with Crippen molar-refractivity contribution in [1.29, 1.82) is 5.26 Å². The molecule has 21 heavy (non-hydrogen) atoms. The van der Waals surface area contributed by atoms with E-state index in [2.05, 4.69) is 0 Å². The number of carbonyl (C=O) groups is 2. The molecule has 0 N–H and O–H groups in total. The van der Waals surface area contributed by atoms with Crippen molar-refractivity contribution in [2.75, 3.05) is 7.11 Å². The molecule has 0 aliphatic heterocycles. The van der Waals surface area contributed by atoms with E-state index in [0.29, 0.717) is 11.1 Å². The summed E-state index contributed by atoms with van der Waals surface area (Å²) in [7, 11) is 1.24. The second-order valence-electron chi connectivity index (χ2n) is 5.03. The van der Waals surface area contributed by atoms with E-state index in [1.165, 1.54) is 19.2 Å². The lowest BCUT2D eigenvalue weighted by atomic mass is 9.76. The first-order valence-electron chi connectivity index (χ1n) is 6.37. The summed E-state index contributed by atoms with van der Waals surface area (Å²) < 4.78 is 18.7. The molecule has 1 aromatic carbocycles. The molecule has 0 spiro atoms. The third-order valence-corrected chi connectivity index (χ3v) is 4.74. The zero-order valence-corrected chi connectivity index (χ0v) is 12.5. The lowest BCUT2D eigenvalue weighted by Gasteiger charge is -2.27. The highest BCUT2D eigenvalue weighted by Crippen LogP contribution is 2.45. The third-order valence-electron chi connectivity index (χ3n) is 3.92. The number of rotatable bonds is 3. The minimum Gasteiger partial charge on any atom is -0.468 e. The van der Waals surface area contributed by atoms with Crippen molar-refractivity contribution in [3.8, 4) is 5.40 Å². The van der Waals surface area contributed by atoms with E-state index < -0.39 is 22.5 Å². The summed E-state index contributed by atoms with van der Waals surface area (Å²) in [6.45, 7) is 1.57. The van der Waals surface area contributed by atoms with E-state index in [-0.39, 0.29) is 18.6 Å². The number of ether oxygens (including phenoxy) is 1. The molecule has 6 heteroatoms. The number of thioether (sulfide) groups is 1. The summed E-state index contributed by atoms with van der Waals surface area (Å²) in [6, 6.07) is 4.46. The molecule has 0 aromatic heterocycles. The van der Waals surface area contributed by atoms with Gasteiger partial charge in [-0.2, -0.15) is 5.26 Å². The van der Waals surface area contributed by atoms with E-state index >= 15 is 0 Å². The minimum atomic E-state index is -1.20. The van der Waals surface area contributed by atoms with Gasteiger partial charge in [0, 0.05) is 6.42 Å².